The van der Waals surface area contributed by atoms with E-state index in [1.54, 1.807) is 50.5 Å². The van der Waals surface area contributed by atoms with Gasteiger partial charge in [0.1, 0.15) is 22.4 Å². The highest BCUT2D eigenvalue weighted by atomic mass is 19.4. The second-order valence-electron chi connectivity index (χ2n) is 36.0. The van der Waals surface area contributed by atoms with Crippen molar-refractivity contribution in [2.24, 2.45) is 17.3 Å². The van der Waals surface area contributed by atoms with Gasteiger partial charge in [0.15, 0.2) is 5.78 Å². The molecule has 28 nitrogen and oxygen atoms in total. The van der Waals surface area contributed by atoms with E-state index in [1.165, 1.54) is 26.2 Å². The van der Waals surface area contributed by atoms with Crippen LogP contribution in [-0.4, -0.2) is 218 Å². The Morgan fingerprint density at radius 3 is 1.44 bits per heavy atom. The van der Waals surface area contributed by atoms with E-state index in [0.29, 0.717) is 67.7 Å². The number of alkyl halides is 5. The predicted molar refractivity (Wildman–Crippen MR) is 428 cm³/mol. The molecule has 7 fully saturated rings. The number of ether oxygens (including phenoxy) is 3. The quantitative estimate of drug-likeness (QED) is 0.0332. The van der Waals surface area contributed by atoms with Gasteiger partial charge in [-0.3, -0.25) is 28.4 Å². The third-order valence-electron chi connectivity index (χ3n) is 25.3. The van der Waals surface area contributed by atoms with Crippen LogP contribution in [0.25, 0.3) is 49.9 Å². The van der Waals surface area contributed by atoms with Gasteiger partial charge in [-0.05, 0) is 189 Å². The molecule has 0 radical (unpaired) electrons. The average molecular weight is 1630 g/mol. The Hall–Kier alpha value is -8.89. The molecule has 4 aliphatic carbocycles. The fourth-order valence-corrected chi connectivity index (χ4v) is 18.0. The monoisotopic (exact) mass is 1630 g/mol. The van der Waals surface area contributed by atoms with Gasteiger partial charge in [-0.1, -0.05) is 13.3 Å². The first-order valence-electron chi connectivity index (χ1n) is 41.6. The number of hydrogen-bond acceptors (Lipinski definition) is 20. The summed E-state index contributed by atoms with van der Waals surface area (Å²) in [7, 11) is 1.68. The average Bonchev–Trinajstić information content (AvgIpc) is 1.59. The summed E-state index contributed by atoms with van der Waals surface area (Å²) in [5, 5.41) is 64.8. The maximum absolute atomic E-state index is 13.4. The van der Waals surface area contributed by atoms with Crippen LogP contribution in [0.15, 0.2) is 74.0 Å². The number of carbonyl (C=O) groups is 3. The van der Waals surface area contributed by atoms with Gasteiger partial charge in [0.05, 0.1) is 110 Å². The van der Waals surface area contributed by atoms with Crippen LogP contribution < -0.4 is 10.6 Å². The van der Waals surface area contributed by atoms with Crippen LogP contribution in [0.3, 0.4) is 0 Å². The highest BCUT2D eigenvalue weighted by molar-refractivity contribution is 5.90. The first-order valence-corrected chi connectivity index (χ1v) is 41.6. The maximum Gasteiger partial charge on any atom is 0.391 e. The molecule has 117 heavy (non-hydrogen) atoms. The van der Waals surface area contributed by atoms with Gasteiger partial charge in [0.25, 0.3) is 0 Å². The molecular weight excluding hydrogens is 1510 g/mol. The van der Waals surface area contributed by atoms with E-state index in [9.17, 15) is 51.7 Å². The van der Waals surface area contributed by atoms with E-state index in [4.69, 9.17) is 19.7 Å². The van der Waals surface area contributed by atoms with Crippen molar-refractivity contribution in [2.45, 2.75) is 268 Å². The Bertz CT molecular complexity index is 4950. The van der Waals surface area contributed by atoms with Crippen LogP contribution >= 0.6 is 0 Å². The molecule has 7 aliphatic rings. The zero-order chi connectivity index (χ0) is 83.3. The summed E-state index contributed by atoms with van der Waals surface area (Å²) in [6.45, 7) is 20.4. The molecule has 0 aromatic carbocycles. The zero-order valence-corrected chi connectivity index (χ0v) is 69.1. The van der Waals surface area contributed by atoms with Crippen molar-refractivity contribution in [1.82, 2.24) is 82.9 Å². The van der Waals surface area contributed by atoms with Crippen LogP contribution in [0.2, 0.25) is 0 Å². The lowest BCUT2D eigenvalue weighted by atomic mass is 9.63. The van der Waals surface area contributed by atoms with E-state index < -0.39 is 47.5 Å². The Kier molecular flexibility index (Phi) is 24.6. The number of aliphatic hydroxyl groups excluding tert-OH is 2. The fraction of sp³-hybridized carbons (Fsp3) is 0.643. The molecule has 3 saturated heterocycles. The Labute approximate surface area is 678 Å². The van der Waals surface area contributed by atoms with Crippen LogP contribution in [0.1, 0.15) is 225 Å². The molecule has 12 heterocycles. The van der Waals surface area contributed by atoms with Gasteiger partial charge < -0.3 is 50.0 Å². The van der Waals surface area contributed by atoms with Gasteiger partial charge in [-0.15, -0.1) is 10.2 Å². The molecule has 16 rings (SSSR count). The SMILES string of the molecule is COC[C@H](C)Nc1ncc2c(-c3cnn(C(C)(C)C(=O)N4CCCC4)c3)cc(C3CCC(O)CC3)n2n1.C[C@@H](CC(F)(F)F)Nc1ncc2c(-c3cnn(C(C)(C)C(=O)C4COC4)c3)cc(C3CCC(C)(O)CC3)n2n1.C[C@@H](COC(F)F)Cc1ncc2c(-c3cnn(C(C)(C)C(=O)N4CC5(CCC5)C4)c3)cc(C3CCC(O)CC3)n2n1. The number of fused-ring (bicyclic) bond motifs is 3. The zero-order valence-electron chi connectivity index (χ0n) is 69.1. The number of aromatic nitrogens is 15. The number of likely N-dealkylation sites (tertiary alicyclic amines) is 2. The number of methoxy groups -OCH3 is 1. The van der Waals surface area contributed by atoms with E-state index in [2.05, 4.69) is 62.8 Å². The minimum Gasteiger partial charge on any atom is -0.393 e. The number of halogens is 5. The fourth-order valence-electron chi connectivity index (χ4n) is 18.0. The Balaban J connectivity index is 0.000000145. The summed E-state index contributed by atoms with van der Waals surface area (Å²) in [6.07, 6.45) is 26.1. The highest BCUT2D eigenvalue weighted by Crippen LogP contribution is 2.50. The van der Waals surface area contributed by atoms with Gasteiger partial charge in [0, 0.05) is 144 Å². The van der Waals surface area contributed by atoms with Gasteiger partial charge in [-0.2, -0.15) is 42.3 Å². The van der Waals surface area contributed by atoms with Crippen molar-refractivity contribution < 1.29 is 65.9 Å². The number of anilines is 2. The summed E-state index contributed by atoms with van der Waals surface area (Å²) < 4.78 is 89.5. The molecule has 0 unspecified atom stereocenters. The molecule has 33 heteroatoms. The van der Waals surface area contributed by atoms with Crippen molar-refractivity contribution in [3.8, 4) is 33.4 Å². The van der Waals surface area contributed by atoms with E-state index in [1.807, 2.05) is 118 Å². The number of hydrogen-bond donors (Lipinski definition) is 5. The summed E-state index contributed by atoms with van der Waals surface area (Å²) in [5.74, 6) is 1.78. The first-order chi connectivity index (χ1) is 55.5. The summed E-state index contributed by atoms with van der Waals surface area (Å²) in [6, 6.07) is 5.51. The third-order valence-corrected chi connectivity index (χ3v) is 25.3. The second-order valence-corrected chi connectivity index (χ2v) is 36.0. The molecule has 3 aliphatic heterocycles. The summed E-state index contributed by atoms with van der Waals surface area (Å²) in [4.78, 5) is 57.1. The molecule has 4 saturated carbocycles. The van der Waals surface area contributed by atoms with Crippen molar-refractivity contribution in [1.29, 1.82) is 0 Å². The van der Waals surface area contributed by atoms with Crippen molar-refractivity contribution in [2.75, 3.05) is 70.3 Å². The summed E-state index contributed by atoms with van der Waals surface area (Å²) in [5.41, 5.74) is 7.99. The topological polar surface area (TPSA) is 314 Å². The number of amides is 2. The van der Waals surface area contributed by atoms with Gasteiger partial charge >= 0.3 is 12.8 Å². The third kappa shape index (κ3) is 18.5. The maximum atomic E-state index is 13.4. The predicted octanol–water partition coefficient (Wildman–Crippen LogP) is 12.9. The number of Topliss-reactive ketones (excluding diaryl/α,β-unsaturated/α-hetero) is 1. The molecular formula is C84H114F5N19O9. The van der Waals surface area contributed by atoms with Crippen LogP contribution in [-0.2, 0) is 51.6 Å². The molecule has 9 aromatic heterocycles. The second kappa shape index (κ2) is 34.1. The van der Waals surface area contributed by atoms with E-state index in [-0.39, 0.29) is 72.1 Å². The number of aliphatic hydroxyl groups is 3. The van der Waals surface area contributed by atoms with Crippen molar-refractivity contribution in [3.05, 3.63) is 96.9 Å². The molecule has 5 N–H and O–H groups in total. The van der Waals surface area contributed by atoms with Crippen LogP contribution in [0.5, 0.6) is 0 Å². The van der Waals surface area contributed by atoms with E-state index >= 15 is 0 Å². The Morgan fingerprint density at radius 2 is 1.01 bits per heavy atom. The molecule has 1 spiro atoms. The van der Waals surface area contributed by atoms with Crippen molar-refractivity contribution >= 4 is 46.0 Å². The van der Waals surface area contributed by atoms with Crippen LogP contribution in [0.4, 0.5) is 33.8 Å². The molecule has 2 amide bonds. The number of carbonyl (C=O) groups excluding carboxylic acids is 3. The number of rotatable bonds is 25. The largest absolute Gasteiger partial charge is 0.393 e. The van der Waals surface area contributed by atoms with Gasteiger partial charge in [-0.25, -0.2) is 28.5 Å². The minimum atomic E-state index is -4.30. The summed E-state index contributed by atoms with van der Waals surface area (Å²) >= 11 is 0. The lowest BCUT2D eigenvalue weighted by Gasteiger charge is -2.57. The van der Waals surface area contributed by atoms with Crippen LogP contribution in [0, 0.1) is 17.3 Å². The smallest absolute Gasteiger partial charge is 0.391 e. The van der Waals surface area contributed by atoms with Gasteiger partial charge in [0.2, 0.25) is 23.7 Å². The normalized spacial score (nSPS) is 22.8. The van der Waals surface area contributed by atoms with Crippen molar-refractivity contribution in [3.63, 3.8) is 0 Å². The molecule has 3 atom stereocenters. The highest BCUT2D eigenvalue weighted by Gasteiger charge is 2.52. The molecule has 9 aromatic rings. The lowest BCUT2D eigenvalue weighted by Crippen LogP contribution is -2.64. The molecule has 634 valence electrons. The Morgan fingerprint density at radius 1 is 0.573 bits per heavy atom. The number of nitrogens with zero attached hydrogens (tertiary/aromatic N) is 17. The first kappa shape index (κ1) is 84.6. The molecule has 0 bridgehead atoms. The standard InChI is InChI=1S/C30H40F2N6O3.C27H35F3N6O3.C27H39N7O3/c1-19(16-41-28(31)32)11-26-33-14-25-23(12-24(38(25)35-26)20-5-7-22(39)8-6-20)21-13-34-37(15-21)29(2,3)27(40)36-17-30(18-36)9-4-10-30;1-16(10-27(28,29)30)33-24-31-12-22-20(9-21(36(22)34-24)17-5-7-26(4,38)8-6-17)18-11-32-35(13-18)25(2,3)23(37)19-14-39-15-19;1-18(17-37-4)30-26-28-15-24-22(13-23(34(24)31-26)19-7-9-21(35)10-8-19)20-14-29-33(16-20)27(2,3)25(36)32-11-5-6-12-32/h12-15,19-20,22,28,39H,4-11,16-18H2,1-3H3;9,11-13,16-17,19,38H,5-8,10,14-15H2,1-4H3,(H,33,34);13-16,18-19,21,35H,5-12,17H2,1-4H3,(H,30,31)/t19-,20?,22?;16-,17?,26?;18-,19?,21?/m100/s1. The van der Waals surface area contributed by atoms with E-state index in [0.717, 1.165) is 165 Å². The number of ketones is 1. The number of nitrogens with one attached hydrogen (secondary N) is 2. The lowest BCUT2D eigenvalue weighted by molar-refractivity contribution is -0.158. The minimum absolute atomic E-state index is 0.0621.